The second-order valence-electron chi connectivity index (χ2n) is 6.10. The molecule has 0 radical (unpaired) electrons. The average molecular weight is 476 g/mol. The highest BCUT2D eigenvalue weighted by Crippen LogP contribution is 2.22. The predicted molar refractivity (Wildman–Crippen MR) is 107 cm³/mol. The zero-order valence-corrected chi connectivity index (χ0v) is 17.6. The molecule has 1 aromatic carbocycles. The summed E-state index contributed by atoms with van der Waals surface area (Å²) in [7, 11) is -3.42. The largest absolute Gasteiger partial charge is 0.324 e. The third-order valence-electron chi connectivity index (χ3n) is 4.28. The van der Waals surface area contributed by atoms with E-state index in [1.165, 1.54) is 27.8 Å². The van der Waals surface area contributed by atoms with Gasteiger partial charge in [-0.15, -0.1) is 11.3 Å². The van der Waals surface area contributed by atoms with Gasteiger partial charge in [0.2, 0.25) is 5.91 Å². The Kier molecular flexibility index (Phi) is 6.64. The number of sulfonamides is 1. The van der Waals surface area contributed by atoms with Crippen LogP contribution in [0.15, 0.2) is 44.4 Å². The van der Waals surface area contributed by atoms with E-state index in [1.54, 1.807) is 23.6 Å². The van der Waals surface area contributed by atoms with Crippen molar-refractivity contribution >= 4 is 48.9 Å². The SMILES string of the molecule is O=C(CCN1CCN(S(=O)(=O)c2cccs2)CC1)Nc1ccc(Br)cc1F. The van der Waals surface area contributed by atoms with Crippen LogP contribution in [0.25, 0.3) is 0 Å². The first-order valence-electron chi connectivity index (χ1n) is 8.37. The van der Waals surface area contributed by atoms with E-state index in [0.29, 0.717) is 41.4 Å². The molecule has 0 aliphatic carbocycles. The Morgan fingerprint density at radius 3 is 2.59 bits per heavy atom. The van der Waals surface area contributed by atoms with E-state index in [9.17, 15) is 17.6 Å². The van der Waals surface area contributed by atoms with Gasteiger partial charge in [-0.25, -0.2) is 12.8 Å². The molecule has 0 atom stereocenters. The third kappa shape index (κ3) is 5.14. The molecule has 1 aliphatic rings. The van der Waals surface area contributed by atoms with Crippen LogP contribution in [0.5, 0.6) is 0 Å². The molecule has 1 amide bonds. The highest BCUT2D eigenvalue weighted by atomic mass is 79.9. The number of thiophene rings is 1. The first-order valence-corrected chi connectivity index (χ1v) is 11.5. The number of rotatable bonds is 6. The molecule has 1 fully saturated rings. The number of carbonyl (C=O) groups excluding carboxylic acids is 1. The molecule has 2 aromatic rings. The van der Waals surface area contributed by atoms with Crippen molar-refractivity contribution in [3.63, 3.8) is 0 Å². The van der Waals surface area contributed by atoms with Crippen LogP contribution in [0.4, 0.5) is 10.1 Å². The molecule has 146 valence electrons. The lowest BCUT2D eigenvalue weighted by molar-refractivity contribution is -0.116. The fraction of sp³-hybridized carbons (Fsp3) is 0.353. The fourth-order valence-corrected chi connectivity index (χ4v) is 5.69. The van der Waals surface area contributed by atoms with Gasteiger partial charge < -0.3 is 10.2 Å². The number of halogens is 2. The summed E-state index contributed by atoms with van der Waals surface area (Å²) in [5.74, 6) is -0.769. The standard InChI is InChI=1S/C17H19BrFN3O3S2/c18-13-3-4-15(14(19)12-13)20-16(23)5-6-21-7-9-22(10-8-21)27(24,25)17-2-1-11-26-17/h1-4,11-12H,5-10H2,(H,20,23). The van der Waals surface area contributed by atoms with Gasteiger partial charge in [0.1, 0.15) is 10.0 Å². The van der Waals surface area contributed by atoms with Gasteiger partial charge in [0, 0.05) is 43.6 Å². The minimum Gasteiger partial charge on any atom is -0.324 e. The smallest absolute Gasteiger partial charge is 0.252 e. The Hall–Kier alpha value is -1.33. The summed E-state index contributed by atoms with van der Waals surface area (Å²) in [4.78, 5) is 14.1. The Morgan fingerprint density at radius 2 is 1.96 bits per heavy atom. The van der Waals surface area contributed by atoms with Crippen molar-refractivity contribution in [2.45, 2.75) is 10.6 Å². The minimum atomic E-state index is -3.42. The lowest BCUT2D eigenvalue weighted by Crippen LogP contribution is -2.48. The Morgan fingerprint density at radius 1 is 1.22 bits per heavy atom. The summed E-state index contributed by atoms with van der Waals surface area (Å²) in [6.07, 6.45) is 0.215. The number of piperazine rings is 1. The van der Waals surface area contributed by atoms with Crippen molar-refractivity contribution in [3.8, 4) is 0 Å². The van der Waals surface area contributed by atoms with Crippen LogP contribution in [-0.4, -0.2) is 56.3 Å². The van der Waals surface area contributed by atoms with Gasteiger partial charge in [-0.05, 0) is 29.6 Å². The molecule has 2 heterocycles. The van der Waals surface area contributed by atoms with Gasteiger partial charge in [0.15, 0.2) is 0 Å². The molecule has 0 spiro atoms. The summed E-state index contributed by atoms with van der Waals surface area (Å²) in [6, 6.07) is 7.79. The molecular formula is C17H19BrFN3O3S2. The van der Waals surface area contributed by atoms with E-state index in [4.69, 9.17) is 0 Å². The van der Waals surface area contributed by atoms with Crippen LogP contribution in [0, 0.1) is 5.82 Å². The van der Waals surface area contributed by atoms with Gasteiger partial charge in [0.05, 0.1) is 5.69 Å². The third-order valence-corrected chi connectivity index (χ3v) is 8.05. The Balaban J connectivity index is 1.46. The maximum absolute atomic E-state index is 13.8. The first-order chi connectivity index (χ1) is 12.9. The lowest BCUT2D eigenvalue weighted by atomic mass is 10.2. The molecule has 6 nitrogen and oxygen atoms in total. The number of anilines is 1. The highest BCUT2D eigenvalue weighted by molar-refractivity contribution is 9.10. The number of nitrogens with zero attached hydrogens (tertiary/aromatic N) is 2. The number of hydrogen-bond acceptors (Lipinski definition) is 5. The molecule has 1 aromatic heterocycles. The molecule has 1 N–H and O–H groups in total. The summed E-state index contributed by atoms with van der Waals surface area (Å²) in [6.45, 7) is 2.40. The summed E-state index contributed by atoms with van der Waals surface area (Å²) in [5, 5.41) is 4.31. The summed E-state index contributed by atoms with van der Waals surface area (Å²) in [5.41, 5.74) is 0.148. The van der Waals surface area contributed by atoms with E-state index in [1.807, 2.05) is 4.90 Å². The molecule has 0 bridgehead atoms. The first kappa shape index (κ1) is 20.4. The number of benzene rings is 1. The molecule has 0 saturated carbocycles. The van der Waals surface area contributed by atoms with E-state index in [-0.39, 0.29) is 18.0 Å². The molecule has 1 aliphatic heterocycles. The van der Waals surface area contributed by atoms with Gasteiger partial charge in [-0.3, -0.25) is 4.79 Å². The summed E-state index contributed by atoms with van der Waals surface area (Å²) < 4.78 is 41.2. The number of hydrogen-bond donors (Lipinski definition) is 1. The monoisotopic (exact) mass is 475 g/mol. The van der Waals surface area contributed by atoms with Crippen LogP contribution in [0.2, 0.25) is 0 Å². The molecule has 27 heavy (non-hydrogen) atoms. The average Bonchev–Trinajstić information content (AvgIpc) is 3.18. The lowest BCUT2D eigenvalue weighted by Gasteiger charge is -2.33. The van der Waals surface area contributed by atoms with Crippen LogP contribution >= 0.6 is 27.3 Å². The van der Waals surface area contributed by atoms with Crippen molar-refractivity contribution in [2.75, 3.05) is 38.0 Å². The molecule has 3 rings (SSSR count). The Bertz CT molecular complexity index is 898. The van der Waals surface area contributed by atoms with Crippen molar-refractivity contribution in [3.05, 3.63) is 46.0 Å². The van der Waals surface area contributed by atoms with Gasteiger partial charge >= 0.3 is 0 Å². The number of nitrogens with one attached hydrogen (secondary N) is 1. The highest BCUT2D eigenvalue weighted by Gasteiger charge is 2.29. The molecule has 10 heteroatoms. The topological polar surface area (TPSA) is 69.7 Å². The summed E-state index contributed by atoms with van der Waals surface area (Å²) >= 11 is 4.38. The maximum atomic E-state index is 13.8. The van der Waals surface area contributed by atoms with Crippen LogP contribution in [-0.2, 0) is 14.8 Å². The maximum Gasteiger partial charge on any atom is 0.252 e. The second kappa shape index (κ2) is 8.78. The van der Waals surface area contributed by atoms with Crippen molar-refractivity contribution in [1.82, 2.24) is 9.21 Å². The number of carbonyl (C=O) groups is 1. The van der Waals surface area contributed by atoms with Crippen LogP contribution < -0.4 is 5.32 Å². The fourth-order valence-electron chi connectivity index (χ4n) is 2.79. The van der Waals surface area contributed by atoms with Crippen molar-refractivity contribution in [2.24, 2.45) is 0 Å². The van der Waals surface area contributed by atoms with Crippen molar-refractivity contribution < 1.29 is 17.6 Å². The van der Waals surface area contributed by atoms with Crippen LogP contribution in [0.1, 0.15) is 6.42 Å². The molecular weight excluding hydrogens is 457 g/mol. The van der Waals surface area contributed by atoms with E-state index in [2.05, 4.69) is 21.2 Å². The second-order valence-corrected chi connectivity index (χ2v) is 10.1. The zero-order chi connectivity index (χ0) is 19.4. The zero-order valence-electron chi connectivity index (χ0n) is 14.4. The van der Waals surface area contributed by atoms with Crippen LogP contribution in [0.3, 0.4) is 0 Å². The Labute approximate surface area is 170 Å². The number of amides is 1. The van der Waals surface area contributed by atoms with E-state index < -0.39 is 15.8 Å². The van der Waals surface area contributed by atoms with E-state index in [0.717, 1.165) is 0 Å². The minimum absolute atomic E-state index is 0.148. The quantitative estimate of drug-likeness (QED) is 0.696. The predicted octanol–water partition coefficient (Wildman–Crippen LogP) is 2.98. The van der Waals surface area contributed by atoms with E-state index >= 15 is 0 Å². The normalized spacial score (nSPS) is 16.4. The van der Waals surface area contributed by atoms with Gasteiger partial charge in [-0.2, -0.15) is 4.31 Å². The van der Waals surface area contributed by atoms with Crippen molar-refractivity contribution in [1.29, 1.82) is 0 Å². The van der Waals surface area contributed by atoms with Gasteiger partial charge in [-0.1, -0.05) is 22.0 Å². The van der Waals surface area contributed by atoms with Gasteiger partial charge in [0.25, 0.3) is 10.0 Å². The molecule has 0 unspecified atom stereocenters. The molecule has 1 saturated heterocycles.